The van der Waals surface area contributed by atoms with Crippen molar-refractivity contribution in [3.05, 3.63) is 41.6 Å². The molecular formula is C21H26N2O2. The molecule has 1 aliphatic heterocycles. The highest BCUT2D eigenvalue weighted by Gasteiger charge is 2.53. The van der Waals surface area contributed by atoms with Gasteiger partial charge in [-0.3, -0.25) is 0 Å². The van der Waals surface area contributed by atoms with E-state index < -0.39 is 0 Å². The van der Waals surface area contributed by atoms with E-state index in [1.165, 1.54) is 30.4 Å². The standard InChI is InChI=1S/C21H26N2O2/c1-4-5-15(3)23-16-7-9-18(22-12-16)25-17-8-6-14(2)20-19(17)21(10-11-21)13-24-20/h6-9,12,15,23H,4-5,10-11,13H2,1-3H3. The summed E-state index contributed by atoms with van der Waals surface area (Å²) in [6.07, 6.45) is 6.54. The number of aryl methyl sites for hydroxylation is 1. The first kappa shape index (κ1) is 16.2. The molecule has 0 saturated heterocycles. The highest BCUT2D eigenvalue weighted by atomic mass is 16.5. The lowest BCUT2D eigenvalue weighted by atomic mass is 9.95. The molecule has 25 heavy (non-hydrogen) atoms. The smallest absolute Gasteiger partial charge is 0.219 e. The maximum Gasteiger partial charge on any atom is 0.219 e. The van der Waals surface area contributed by atoms with Crippen LogP contribution in [0.1, 0.15) is 50.7 Å². The second-order valence-electron chi connectivity index (χ2n) is 7.47. The quantitative estimate of drug-likeness (QED) is 0.785. The van der Waals surface area contributed by atoms with Gasteiger partial charge in [-0.05, 0) is 50.8 Å². The van der Waals surface area contributed by atoms with E-state index in [1.54, 1.807) is 0 Å². The summed E-state index contributed by atoms with van der Waals surface area (Å²) in [4.78, 5) is 4.48. The number of aromatic nitrogens is 1. The van der Waals surface area contributed by atoms with Gasteiger partial charge in [-0.15, -0.1) is 0 Å². The molecule has 1 aliphatic carbocycles. The van der Waals surface area contributed by atoms with Crippen molar-refractivity contribution in [2.24, 2.45) is 0 Å². The predicted molar refractivity (Wildman–Crippen MR) is 99.9 cm³/mol. The predicted octanol–water partition coefficient (Wildman–Crippen LogP) is 5.21. The molecule has 4 nitrogen and oxygen atoms in total. The van der Waals surface area contributed by atoms with E-state index >= 15 is 0 Å². The molecule has 1 fully saturated rings. The highest BCUT2D eigenvalue weighted by molar-refractivity contribution is 5.59. The van der Waals surface area contributed by atoms with E-state index in [-0.39, 0.29) is 5.41 Å². The van der Waals surface area contributed by atoms with Gasteiger partial charge in [0, 0.05) is 23.1 Å². The zero-order valence-corrected chi connectivity index (χ0v) is 15.3. The molecule has 2 aliphatic rings. The molecule has 1 atom stereocenters. The van der Waals surface area contributed by atoms with Crippen LogP contribution in [0, 0.1) is 6.92 Å². The number of anilines is 1. The summed E-state index contributed by atoms with van der Waals surface area (Å²) < 4.78 is 12.1. The molecule has 0 radical (unpaired) electrons. The molecule has 0 bridgehead atoms. The average Bonchev–Trinajstić information content (AvgIpc) is 3.26. The van der Waals surface area contributed by atoms with Crippen LogP contribution in [0.3, 0.4) is 0 Å². The molecule has 1 aromatic heterocycles. The fourth-order valence-corrected chi connectivity index (χ4v) is 3.70. The van der Waals surface area contributed by atoms with Gasteiger partial charge in [0.05, 0.1) is 18.5 Å². The van der Waals surface area contributed by atoms with Crippen molar-refractivity contribution in [2.45, 2.75) is 57.9 Å². The van der Waals surface area contributed by atoms with Crippen LogP contribution in [0.5, 0.6) is 17.4 Å². The van der Waals surface area contributed by atoms with Crippen molar-refractivity contribution >= 4 is 5.69 Å². The Balaban J connectivity index is 1.53. The maximum absolute atomic E-state index is 6.14. The highest BCUT2D eigenvalue weighted by Crippen LogP contribution is 2.59. The summed E-state index contributed by atoms with van der Waals surface area (Å²) >= 11 is 0. The Morgan fingerprint density at radius 1 is 1.28 bits per heavy atom. The van der Waals surface area contributed by atoms with Gasteiger partial charge < -0.3 is 14.8 Å². The SMILES string of the molecule is CCCC(C)Nc1ccc(Oc2ccc(C)c3c2C2(CC2)CO3)nc1. The molecular weight excluding hydrogens is 312 g/mol. The summed E-state index contributed by atoms with van der Waals surface area (Å²) in [6, 6.07) is 8.54. The zero-order valence-electron chi connectivity index (χ0n) is 15.3. The van der Waals surface area contributed by atoms with Crippen LogP contribution < -0.4 is 14.8 Å². The lowest BCUT2D eigenvalue weighted by Crippen LogP contribution is -2.14. The van der Waals surface area contributed by atoms with Gasteiger partial charge >= 0.3 is 0 Å². The number of rotatable bonds is 6. The topological polar surface area (TPSA) is 43.4 Å². The van der Waals surface area contributed by atoms with Gasteiger partial charge in [-0.1, -0.05) is 19.4 Å². The second kappa shape index (κ2) is 6.25. The van der Waals surface area contributed by atoms with Crippen LogP contribution in [-0.4, -0.2) is 17.6 Å². The third-order valence-corrected chi connectivity index (χ3v) is 5.28. The summed E-state index contributed by atoms with van der Waals surface area (Å²) in [7, 11) is 0. The van der Waals surface area contributed by atoms with Crippen molar-refractivity contribution in [2.75, 3.05) is 11.9 Å². The molecule has 1 aromatic carbocycles. The lowest BCUT2D eigenvalue weighted by molar-refractivity contribution is 0.322. The first-order valence-corrected chi connectivity index (χ1v) is 9.28. The van der Waals surface area contributed by atoms with Crippen LogP contribution in [0.25, 0.3) is 0 Å². The Bertz CT molecular complexity index is 766. The van der Waals surface area contributed by atoms with E-state index in [4.69, 9.17) is 9.47 Å². The van der Waals surface area contributed by atoms with Gasteiger partial charge in [0.15, 0.2) is 0 Å². The van der Waals surface area contributed by atoms with Crippen LogP contribution in [-0.2, 0) is 5.41 Å². The van der Waals surface area contributed by atoms with Crippen molar-refractivity contribution in [3.8, 4) is 17.4 Å². The third kappa shape index (κ3) is 3.06. The van der Waals surface area contributed by atoms with E-state index in [9.17, 15) is 0 Å². The maximum atomic E-state index is 6.14. The average molecular weight is 338 g/mol. The molecule has 2 aromatic rings. The lowest BCUT2D eigenvalue weighted by Gasteiger charge is -2.15. The van der Waals surface area contributed by atoms with Crippen LogP contribution in [0.15, 0.2) is 30.5 Å². The van der Waals surface area contributed by atoms with Crippen molar-refractivity contribution in [1.82, 2.24) is 4.98 Å². The van der Waals surface area contributed by atoms with Crippen LogP contribution >= 0.6 is 0 Å². The van der Waals surface area contributed by atoms with Crippen LogP contribution in [0.2, 0.25) is 0 Å². The monoisotopic (exact) mass is 338 g/mol. The summed E-state index contributed by atoms with van der Waals surface area (Å²) in [5.41, 5.74) is 3.65. The number of nitrogens with zero attached hydrogens (tertiary/aromatic N) is 1. The number of nitrogens with one attached hydrogen (secondary N) is 1. The molecule has 1 unspecified atom stereocenters. The molecule has 132 valence electrons. The number of pyridine rings is 1. The van der Waals surface area contributed by atoms with Crippen LogP contribution in [0.4, 0.5) is 5.69 Å². The second-order valence-corrected chi connectivity index (χ2v) is 7.47. The molecule has 1 spiro atoms. The summed E-state index contributed by atoms with van der Waals surface area (Å²) in [5.74, 6) is 2.53. The minimum atomic E-state index is 0.188. The van der Waals surface area contributed by atoms with Crippen molar-refractivity contribution in [1.29, 1.82) is 0 Å². The van der Waals surface area contributed by atoms with Crippen molar-refractivity contribution < 1.29 is 9.47 Å². The van der Waals surface area contributed by atoms with Gasteiger partial charge in [0.25, 0.3) is 0 Å². The first-order chi connectivity index (χ1) is 12.1. The number of benzene rings is 1. The van der Waals surface area contributed by atoms with E-state index in [0.29, 0.717) is 11.9 Å². The molecule has 1 N–H and O–H groups in total. The number of hydrogen-bond acceptors (Lipinski definition) is 4. The third-order valence-electron chi connectivity index (χ3n) is 5.28. The normalized spacial score (nSPS) is 17.7. The Kier molecular flexibility index (Phi) is 4.06. The number of hydrogen-bond donors (Lipinski definition) is 1. The Morgan fingerprint density at radius 3 is 2.80 bits per heavy atom. The fraction of sp³-hybridized carbons (Fsp3) is 0.476. The van der Waals surface area contributed by atoms with E-state index in [2.05, 4.69) is 43.2 Å². The number of fused-ring (bicyclic) bond motifs is 2. The minimum Gasteiger partial charge on any atom is -0.492 e. The minimum absolute atomic E-state index is 0.188. The Morgan fingerprint density at radius 2 is 2.12 bits per heavy atom. The van der Waals surface area contributed by atoms with Gasteiger partial charge in [0.2, 0.25) is 5.88 Å². The van der Waals surface area contributed by atoms with Gasteiger partial charge in [0.1, 0.15) is 11.5 Å². The van der Waals surface area contributed by atoms with E-state index in [1.807, 2.05) is 18.3 Å². The molecule has 2 heterocycles. The van der Waals surface area contributed by atoms with Gasteiger partial charge in [-0.25, -0.2) is 4.98 Å². The fourth-order valence-electron chi connectivity index (χ4n) is 3.70. The molecule has 0 amide bonds. The summed E-state index contributed by atoms with van der Waals surface area (Å²) in [5, 5.41) is 3.47. The molecule has 4 rings (SSSR count). The first-order valence-electron chi connectivity index (χ1n) is 9.28. The van der Waals surface area contributed by atoms with Crippen molar-refractivity contribution in [3.63, 3.8) is 0 Å². The van der Waals surface area contributed by atoms with Gasteiger partial charge in [-0.2, -0.15) is 0 Å². The molecule has 4 heteroatoms. The molecule has 1 saturated carbocycles. The Labute approximate surface area is 149 Å². The number of ether oxygens (including phenoxy) is 2. The zero-order chi connectivity index (χ0) is 17.4. The largest absolute Gasteiger partial charge is 0.492 e. The van der Waals surface area contributed by atoms with E-state index in [0.717, 1.165) is 30.2 Å². The Hall–Kier alpha value is -2.23. The summed E-state index contributed by atoms with van der Waals surface area (Å²) in [6.45, 7) is 7.28.